The molecule has 4 atom stereocenters. The van der Waals surface area contributed by atoms with Gasteiger partial charge in [0.05, 0.1) is 47.2 Å². The molecule has 38 heteroatoms. The van der Waals surface area contributed by atoms with Crippen molar-refractivity contribution in [3.63, 3.8) is 0 Å². The molecule has 112 heavy (non-hydrogen) atoms. The van der Waals surface area contributed by atoms with Crippen LogP contribution in [0.4, 0.5) is 70.2 Å². The number of aromatic carboxylic acids is 2. The summed E-state index contributed by atoms with van der Waals surface area (Å²) in [5.74, 6) is -4.75. The van der Waals surface area contributed by atoms with E-state index in [2.05, 4.69) is 62.0 Å². The van der Waals surface area contributed by atoms with Gasteiger partial charge in [0.15, 0.2) is 0 Å². The number of carboxylic acid groups (broad SMARTS) is 2. The Balaban J connectivity index is 0. The molecule has 0 aliphatic heterocycles. The molecule has 0 spiro atoms. The topological polar surface area (TPSA) is 284 Å². The van der Waals surface area contributed by atoms with Gasteiger partial charge in [0.1, 0.15) is 11.4 Å². The van der Waals surface area contributed by atoms with Crippen LogP contribution in [0, 0.1) is 103 Å². The number of alkyl halides is 12. The van der Waals surface area contributed by atoms with Crippen molar-refractivity contribution in [1.82, 2.24) is 49.8 Å². The van der Waals surface area contributed by atoms with E-state index >= 15 is 0 Å². The van der Waals surface area contributed by atoms with E-state index < -0.39 is 93.3 Å². The molecule has 4 unspecified atom stereocenters. The van der Waals surface area contributed by atoms with Crippen LogP contribution in [0.15, 0.2) is 122 Å². The number of hydrogen-bond acceptors (Lipinski definition) is 16. The normalized spacial score (nSPS) is 11.7. The van der Waals surface area contributed by atoms with Crippen molar-refractivity contribution in [2.45, 2.75) is 145 Å². The van der Waals surface area contributed by atoms with Crippen molar-refractivity contribution in [3.8, 4) is 45.0 Å². The molecule has 616 valence electrons. The maximum absolute atomic E-state index is 13.0. The molecular weight excluding hydrogens is 2230 g/mol. The number of pyridine rings is 2. The monoisotopic (exact) mass is 2300 g/mol. The second kappa shape index (κ2) is 48.7. The minimum atomic E-state index is -4.94. The van der Waals surface area contributed by atoms with Crippen molar-refractivity contribution in [1.29, 1.82) is 0 Å². The number of aliphatic hydroxyl groups is 4. The average molecular weight is 2300 g/mol. The second-order valence-electron chi connectivity index (χ2n) is 23.2. The van der Waals surface area contributed by atoms with Crippen LogP contribution in [0.2, 0.25) is 0 Å². The van der Waals surface area contributed by atoms with Gasteiger partial charge in [-0.3, -0.25) is 19.9 Å². The van der Waals surface area contributed by atoms with Gasteiger partial charge in [-0.2, -0.15) is 52.7 Å². The summed E-state index contributed by atoms with van der Waals surface area (Å²) in [6.07, 6.45) is -11.7. The smallest absolute Gasteiger partial charge is 0.399 e. The molecular formula is C74H70F16Ir4N10O8-4. The van der Waals surface area contributed by atoms with E-state index in [1.807, 2.05) is 12.1 Å². The number of rotatable bonds is 10. The Bertz CT molecular complexity index is 4170. The quantitative estimate of drug-likeness (QED) is 0.0548. The summed E-state index contributed by atoms with van der Waals surface area (Å²) < 4.78 is 205. The molecule has 0 amide bonds. The SMILES string of the molecule is CC(O)CC(C)O.CC(O)CC(C)O.Cc1cnc(-c2[c-]c(C(F)(F)F)cc(C(F)(F)F)c2)c(C)n1.Cc1cnc(-c2[c-]c(C(F)(F)F)cc(C(F)(F)F)c2)c(C)n1.Cc1cnc(-c2[c-]c(F)cc(F)c2)c(C)n1.Cc1cnc(-c2[c-]c(F)cc(F)c2)c(C)n1.O=C(O)c1ccccn1.O=C(O)c1ccccn1.[Ir].[Ir].[Ir].[Ir]. The van der Waals surface area contributed by atoms with E-state index in [9.17, 15) is 79.8 Å². The van der Waals surface area contributed by atoms with Crippen molar-refractivity contribution >= 4 is 11.9 Å². The molecule has 6 heterocycles. The maximum atomic E-state index is 13.0. The summed E-state index contributed by atoms with van der Waals surface area (Å²) in [6, 6.07) is 23.4. The number of aromatic nitrogens is 10. The number of carbonyl (C=O) groups is 2. The van der Waals surface area contributed by atoms with Crippen LogP contribution >= 0.6 is 0 Å². The fourth-order valence-corrected chi connectivity index (χ4v) is 8.70. The van der Waals surface area contributed by atoms with Crippen molar-refractivity contribution in [3.05, 3.63) is 249 Å². The molecule has 10 aromatic rings. The first kappa shape index (κ1) is 106. The van der Waals surface area contributed by atoms with Crippen LogP contribution in [0.5, 0.6) is 0 Å². The molecule has 18 nitrogen and oxygen atoms in total. The summed E-state index contributed by atoms with van der Waals surface area (Å²) in [6.45, 7) is 19.9. The summed E-state index contributed by atoms with van der Waals surface area (Å²) in [5, 5.41) is 50.9. The Hall–Kier alpha value is -8.24. The Morgan fingerprint density at radius 3 is 0.786 bits per heavy atom. The van der Waals surface area contributed by atoms with Crippen molar-refractivity contribution in [2.75, 3.05) is 0 Å². The zero-order valence-corrected chi connectivity index (χ0v) is 70.2. The molecule has 0 saturated carbocycles. The maximum Gasteiger partial charge on any atom is 0.399 e. The van der Waals surface area contributed by atoms with E-state index in [-0.39, 0.29) is 162 Å². The van der Waals surface area contributed by atoms with Gasteiger partial charge in [-0.05, 0) is 142 Å². The number of aryl methyl sites for hydroxylation is 8. The number of aliphatic hydroxyl groups excluding tert-OH is 4. The minimum absolute atomic E-state index is 0. The zero-order chi connectivity index (χ0) is 81.9. The predicted octanol–water partition coefficient (Wildman–Crippen LogP) is 16.7. The molecule has 6 aromatic heterocycles. The minimum Gasteiger partial charge on any atom is -0.477 e. The van der Waals surface area contributed by atoms with E-state index in [1.165, 1.54) is 62.9 Å². The molecule has 4 aromatic carbocycles. The van der Waals surface area contributed by atoms with Gasteiger partial charge in [0.2, 0.25) is 0 Å². The second-order valence-corrected chi connectivity index (χ2v) is 23.2. The summed E-state index contributed by atoms with van der Waals surface area (Å²) in [4.78, 5) is 59.7. The van der Waals surface area contributed by atoms with Crippen LogP contribution in [-0.4, -0.2) is 117 Å². The molecule has 10 rings (SSSR count). The van der Waals surface area contributed by atoms with Crippen LogP contribution in [-0.2, 0) is 105 Å². The van der Waals surface area contributed by atoms with Gasteiger partial charge in [-0.25, -0.2) is 37.1 Å². The molecule has 6 N–H and O–H groups in total. The molecule has 0 aliphatic carbocycles. The summed E-state index contributed by atoms with van der Waals surface area (Å²) in [5.41, 5.74) is -0.889. The fourth-order valence-electron chi connectivity index (χ4n) is 8.70. The van der Waals surface area contributed by atoms with Gasteiger partial charge < -0.3 is 50.6 Å². The largest absolute Gasteiger partial charge is 0.477 e. The number of hydrogen-bond donors (Lipinski definition) is 6. The molecule has 0 fully saturated rings. The van der Waals surface area contributed by atoms with Gasteiger partial charge in [0.25, 0.3) is 0 Å². The number of halogens is 16. The number of benzene rings is 4. The average Bonchev–Trinajstić information content (AvgIpc) is 0.794. The zero-order valence-electron chi connectivity index (χ0n) is 60.6. The van der Waals surface area contributed by atoms with Crippen molar-refractivity contribution < 1.29 is 191 Å². The molecule has 0 saturated heterocycles. The third-order valence-electron chi connectivity index (χ3n) is 13.0. The van der Waals surface area contributed by atoms with E-state index in [1.54, 1.807) is 106 Å². The van der Waals surface area contributed by atoms with E-state index in [4.69, 9.17) is 30.6 Å². The number of nitrogens with zero attached hydrogens (tertiary/aromatic N) is 10. The Labute approximate surface area is 687 Å². The summed E-state index contributed by atoms with van der Waals surface area (Å²) >= 11 is 0. The van der Waals surface area contributed by atoms with Crippen molar-refractivity contribution in [2.24, 2.45) is 0 Å². The van der Waals surface area contributed by atoms with Gasteiger partial charge in [0, 0.05) is 186 Å². The molecule has 4 radical (unpaired) electrons. The van der Waals surface area contributed by atoms with E-state index in [0.717, 1.165) is 23.5 Å². The van der Waals surface area contributed by atoms with E-state index in [0.29, 0.717) is 59.1 Å². The standard InChI is InChI=1S/2C14H9F6N2.2C12H9F2N2.2C6H5NO2.2C5H12O2.4Ir/c2*1-7-6-21-12(8(2)22-7)9-3-10(13(15,16)17)5-11(4-9)14(18,19)20;2*1-7-6-15-12(8(2)16-7)9-3-10(13)5-11(14)4-9;2*8-6(9)5-3-1-2-4-7-5;2*1-4(6)3-5(2)7;;;;/h2*3,5-6H,1-2H3;2*3,5-6H,1-2H3;2*1-4H,(H,8,9);2*4-7H,3H2,1-2H3;;;;/q4*-1;;;;;;;;. The van der Waals surface area contributed by atoms with Crippen LogP contribution < -0.4 is 0 Å². The third kappa shape index (κ3) is 38.5. The van der Waals surface area contributed by atoms with Crippen LogP contribution in [0.1, 0.15) is 129 Å². The predicted molar refractivity (Wildman–Crippen MR) is 361 cm³/mol. The van der Waals surface area contributed by atoms with Crippen LogP contribution in [0.3, 0.4) is 0 Å². The molecule has 0 bridgehead atoms. The Morgan fingerprint density at radius 2 is 0.616 bits per heavy atom. The third-order valence-corrected chi connectivity index (χ3v) is 13.0. The first-order valence-corrected chi connectivity index (χ1v) is 31.4. The molecule has 0 aliphatic rings. The van der Waals surface area contributed by atoms with Gasteiger partial charge >= 0.3 is 36.6 Å². The first-order chi connectivity index (χ1) is 49.9. The first-order valence-electron chi connectivity index (χ1n) is 31.4. The Morgan fingerprint density at radius 1 is 0.366 bits per heavy atom. The Kier molecular flexibility index (Phi) is 46.0. The summed E-state index contributed by atoms with van der Waals surface area (Å²) in [7, 11) is 0. The van der Waals surface area contributed by atoms with Gasteiger partial charge in [-0.15, -0.1) is 82.9 Å². The number of carboxylic acids is 2. The van der Waals surface area contributed by atoms with Crippen LogP contribution in [0.25, 0.3) is 45.0 Å². The van der Waals surface area contributed by atoms with Gasteiger partial charge in [-0.1, -0.05) is 24.3 Å². The fraction of sp³-hybridized carbons (Fsp3) is 0.297.